The summed E-state index contributed by atoms with van der Waals surface area (Å²) in [6.07, 6.45) is -18.0. The number of alkyl halides is 12. The van der Waals surface area contributed by atoms with Crippen molar-refractivity contribution in [2.45, 2.75) is 36.8 Å². The number of aliphatic imine (C=N–C) groups is 2. The molecule has 0 heterocycles. The second-order valence-electron chi connectivity index (χ2n) is 21.1. The van der Waals surface area contributed by atoms with E-state index in [0.29, 0.717) is 78.5 Å². The van der Waals surface area contributed by atoms with Gasteiger partial charge in [0, 0.05) is 12.4 Å². The number of fused-ring (bicyclic) bond motifs is 4. The molecule has 0 spiro atoms. The topological polar surface area (TPSA) is 90.7 Å². The van der Waals surface area contributed by atoms with Crippen LogP contribution in [0.25, 0.3) is 87.6 Å². The molecule has 0 aliphatic carbocycles. The third-order valence-corrected chi connectivity index (χ3v) is 15.5. The maximum atomic E-state index is 15.6. The van der Waals surface area contributed by atoms with Gasteiger partial charge in [-0.05, 0) is 158 Å². The van der Waals surface area contributed by atoms with E-state index in [1.54, 1.807) is 182 Å². The number of hydrogen-bond acceptors (Lipinski definition) is 4. The molecule has 454 valence electrons. The van der Waals surface area contributed by atoms with Gasteiger partial charge in [-0.25, -0.2) is 0 Å². The van der Waals surface area contributed by atoms with Crippen molar-refractivity contribution in [3.05, 3.63) is 282 Å². The second kappa shape index (κ2) is 25.6. The van der Waals surface area contributed by atoms with Gasteiger partial charge in [0.1, 0.15) is 12.1 Å². The van der Waals surface area contributed by atoms with Crippen molar-refractivity contribution < 1.29 is 87.0 Å². The summed E-state index contributed by atoms with van der Waals surface area (Å²) in [5, 5.41) is 34.5. The van der Waals surface area contributed by atoms with Gasteiger partial charge in [0.15, 0.2) is 0 Å². The molecular formula is C73H42F12N2O3Ru. The van der Waals surface area contributed by atoms with Crippen molar-refractivity contribution in [1.29, 1.82) is 0 Å². The third-order valence-electron chi connectivity index (χ3n) is 15.5. The molecular weight excluding hydrogens is 1280 g/mol. The standard InChI is InChI=1S/C72H44F12N2O2.CO.Ru/c73-69(74,75)51-33-47(34-52(37-51)70(76,77)78)59-29-27-41-15-7-11-23-55(41)61(59)63-57-25-13-9-21-45(57)31-49(67(63)87)39-85-65(43-17-3-1-4-18-43)66(44-19-5-2-6-20-44)86-40-50-32-46-22-10-14-26-58(46)64(68(50)88)62-56-24-12-8-16-42(56)28-30-60(62)48-35-53(71(79,80)81)38-54(36-48)72(82,83)84;1-2;/h1-40,65-66,87-88H;;/q;;+2/p-2/t65-,66-;;/m1../s1. The molecule has 2 atom stereocenters. The van der Waals surface area contributed by atoms with Crippen LogP contribution in [-0.4, -0.2) is 12.4 Å². The fourth-order valence-corrected chi connectivity index (χ4v) is 11.5. The zero-order valence-corrected chi connectivity index (χ0v) is 48.5. The minimum atomic E-state index is -5.18. The van der Waals surface area contributed by atoms with Crippen LogP contribution in [0.15, 0.2) is 241 Å². The van der Waals surface area contributed by atoms with Gasteiger partial charge in [0.25, 0.3) is 0 Å². The Labute approximate surface area is 524 Å². The fraction of sp³-hybridized carbons (Fsp3) is 0.0822. The Kier molecular flexibility index (Phi) is 18.0. The maximum Gasteiger partial charge on any atom is 2.00 e. The Bertz CT molecular complexity index is 4430. The predicted octanol–water partition coefficient (Wildman–Crippen LogP) is 20.2. The minimum absolute atomic E-state index is 0. The van der Waals surface area contributed by atoms with Gasteiger partial charge in [-0.15, -0.1) is 0 Å². The summed E-state index contributed by atoms with van der Waals surface area (Å²) >= 11 is 0. The van der Waals surface area contributed by atoms with E-state index in [-0.39, 0.29) is 76.1 Å². The Morgan fingerprint density at radius 3 is 0.912 bits per heavy atom. The van der Waals surface area contributed by atoms with E-state index in [9.17, 15) is 52.7 Å². The van der Waals surface area contributed by atoms with Crippen LogP contribution in [0.4, 0.5) is 52.7 Å². The van der Waals surface area contributed by atoms with Crippen LogP contribution in [0.5, 0.6) is 11.5 Å². The van der Waals surface area contributed by atoms with Gasteiger partial charge in [0.05, 0.1) is 22.3 Å². The average molecular weight is 1320 g/mol. The summed E-state index contributed by atoms with van der Waals surface area (Å²) in [5.41, 5.74) is -5.99. The molecule has 12 rings (SSSR count). The molecule has 5 nitrogen and oxygen atoms in total. The van der Waals surface area contributed by atoms with E-state index in [2.05, 4.69) is 6.65 Å². The monoisotopic (exact) mass is 1320 g/mol. The summed E-state index contributed by atoms with van der Waals surface area (Å²) in [7, 11) is 0. The van der Waals surface area contributed by atoms with Crippen molar-refractivity contribution in [1.82, 2.24) is 0 Å². The van der Waals surface area contributed by atoms with E-state index in [4.69, 9.17) is 14.6 Å². The van der Waals surface area contributed by atoms with Gasteiger partial charge < -0.3 is 10.2 Å². The van der Waals surface area contributed by atoms with Crippen LogP contribution in [-0.2, 0) is 48.8 Å². The molecule has 91 heavy (non-hydrogen) atoms. The van der Waals surface area contributed by atoms with Crippen molar-refractivity contribution >= 4 is 55.5 Å². The van der Waals surface area contributed by atoms with Crippen LogP contribution in [0.1, 0.15) is 56.6 Å². The van der Waals surface area contributed by atoms with E-state index in [1.165, 1.54) is 24.6 Å². The maximum absolute atomic E-state index is 15.6. The average Bonchev–Trinajstić information content (AvgIpc) is 0.824. The fourth-order valence-electron chi connectivity index (χ4n) is 11.5. The smallest absolute Gasteiger partial charge is 0.872 e. The first-order chi connectivity index (χ1) is 43.0. The van der Waals surface area contributed by atoms with Gasteiger partial charge in [0.2, 0.25) is 0 Å². The molecule has 0 radical (unpaired) electrons. The number of hydrogen-bond donors (Lipinski definition) is 0. The van der Waals surface area contributed by atoms with Crippen molar-refractivity contribution in [3.8, 4) is 56.0 Å². The van der Waals surface area contributed by atoms with Gasteiger partial charge in [-0.1, -0.05) is 193 Å². The molecule has 0 N–H and O–H groups in total. The van der Waals surface area contributed by atoms with Crippen LogP contribution in [0.2, 0.25) is 0 Å². The third kappa shape index (κ3) is 13.0. The van der Waals surface area contributed by atoms with Crippen LogP contribution < -0.4 is 10.2 Å². The molecule has 12 aromatic rings. The SMILES string of the molecule is [C-]#[O+].[O-]c1c(C=N[C@H](c2ccccc2)[C@H](N=Cc2cc3ccccc3c(-c3c(-c4cc(C(F)(F)F)cc(C(F)(F)F)c4)ccc4ccccc34)c2[O-])c2ccccc2)cc2ccccc2c1-c1c(-c2cc(C(F)(F)F)cc(C(F)(F)F)c2)ccc2ccccc12.[Ru+2]. The summed E-state index contributed by atoms with van der Waals surface area (Å²) in [6, 6.07) is 54.0. The Balaban J connectivity index is 0.00000300. The molecule has 0 amide bonds. The Morgan fingerprint density at radius 2 is 0.604 bits per heavy atom. The molecule has 0 bridgehead atoms. The minimum Gasteiger partial charge on any atom is -0.872 e. The first-order valence-corrected chi connectivity index (χ1v) is 27.5. The van der Waals surface area contributed by atoms with Crippen LogP contribution in [0, 0.1) is 6.65 Å². The van der Waals surface area contributed by atoms with E-state index in [1.807, 2.05) is 0 Å². The van der Waals surface area contributed by atoms with Gasteiger partial charge >= 0.3 is 55.5 Å². The second-order valence-corrected chi connectivity index (χ2v) is 21.1. The molecule has 0 aliphatic heterocycles. The van der Waals surface area contributed by atoms with Gasteiger partial charge in [-0.3, -0.25) is 9.98 Å². The summed E-state index contributed by atoms with van der Waals surface area (Å²) in [6.45, 7) is 4.50. The summed E-state index contributed by atoms with van der Waals surface area (Å²) in [5.74, 6) is -1.33. The zero-order valence-electron chi connectivity index (χ0n) is 46.8. The molecule has 0 saturated heterocycles. The number of nitrogens with zero attached hydrogens (tertiary/aromatic N) is 2. The molecule has 18 heteroatoms. The summed E-state index contributed by atoms with van der Waals surface area (Å²) in [4.78, 5) is 10.2. The predicted molar refractivity (Wildman–Crippen MR) is 321 cm³/mol. The first-order valence-electron chi connectivity index (χ1n) is 27.5. The van der Waals surface area contributed by atoms with Crippen LogP contribution >= 0.6 is 0 Å². The molecule has 0 unspecified atom stereocenters. The summed E-state index contributed by atoms with van der Waals surface area (Å²) < 4.78 is 181. The van der Waals surface area contributed by atoms with E-state index < -0.39 is 81.7 Å². The molecule has 12 aromatic carbocycles. The number of rotatable bonds is 11. The normalized spacial score (nSPS) is 12.9. The Hall–Kier alpha value is -9.86. The van der Waals surface area contributed by atoms with Crippen molar-refractivity contribution in [3.63, 3.8) is 0 Å². The molecule has 0 saturated carbocycles. The van der Waals surface area contributed by atoms with Crippen molar-refractivity contribution in [2.75, 3.05) is 0 Å². The molecule has 0 aliphatic rings. The Morgan fingerprint density at radius 1 is 0.330 bits per heavy atom. The largest absolute Gasteiger partial charge is 2.00 e. The van der Waals surface area contributed by atoms with E-state index in [0.717, 1.165) is 0 Å². The first kappa shape index (κ1) is 64.1. The quantitative estimate of drug-likeness (QED) is 0.0424. The van der Waals surface area contributed by atoms with Crippen molar-refractivity contribution in [2.24, 2.45) is 9.98 Å². The van der Waals surface area contributed by atoms with Crippen LogP contribution in [0.3, 0.4) is 0 Å². The molecule has 0 fully saturated rings. The van der Waals surface area contributed by atoms with E-state index >= 15 is 10.2 Å². The number of benzene rings is 12. The number of halogens is 12. The molecule has 0 aromatic heterocycles. The zero-order chi connectivity index (χ0) is 63.9. The van der Waals surface area contributed by atoms with Gasteiger partial charge in [-0.2, -0.15) is 52.7 Å².